The molecule has 0 fully saturated rings. The molecule has 1 unspecified atom stereocenters. The number of carbonyl (C=O) groups excluding carboxylic acids is 1. The third-order valence-corrected chi connectivity index (χ3v) is 2.34. The monoisotopic (exact) mass is 235 g/mol. The molecule has 0 bridgehead atoms. The van der Waals surface area contributed by atoms with Crippen molar-refractivity contribution in [3.05, 3.63) is 35.4 Å². The van der Waals surface area contributed by atoms with E-state index in [1.807, 2.05) is 19.1 Å². The standard InChI is InChI=1S/C13H17NO3/c1-10-4-6-11(7-5-10)13(16)17-9-12(15)3-2-8-14/h4-8,12,14-15H,2-3,9H2,1H3. The van der Waals surface area contributed by atoms with Gasteiger partial charge in [0.25, 0.3) is 0 Å². The fourth-order valence-electron chi connectivity index (χ4n) is 1.30. The number of nitrogens with one attached hydrogen (secondary N) is 1. The van der Waals surface area contributed by atoms with Crippen molar-refractivity contribution in [1.29, 1.82) is 5.41 Å². The largest absolute Gasteiger partial charge is 0.459 e. The van der Waals surface area contributed by atoms with Gasteiger partial charge >= 0.3 is 5.97 Å². The average molecular weight is 235 g/mol. The smallest absolute Gasteiger partial charge is 0.338 e. The first-order chi connectivity index (χ1) is 8.13. The number of hydrogen-bond donors (Lipinski definition) is 2. The number of aryl methyl sites for hydroxylation is 1. The van der Waals surface area contributed by atoms with Crippen LogP contribution in [-0.4, -0.2) is 30.0 Å². The van der Waals surface area contributed by atoms with E-state index in [1.54, 1.807) is 12.1 Å². The zero-order chi connectivity index (χ0) is 12.7. The minimum atomic E-state index is -0.703. The lowest BCUT2D eigenvalue weighted by atomic mass is 10.1. The third kappa shape index (κ3) is 4.78. The maximum Gasteiger partial charge on any atom is 0.338 e. The molecule has 92 valence electrons. The second-order valence-corrected chi connectivity index (χ2v) is 3.90. The summed E-state index contributed by atoms with van der Waals surface area (Å²) in [6.45, 7) is 1.91. The van der Waals surface area contributed by atoms with Gasteiger partial charge in [0, 0.05) is 0 Å². The molecule has 0 amide bonds. The molecular weight excluding hydrogens is 218 g/mol. The predicted molar refractivity (Wildman–Crippen MR) is 65.5 cm³/mol. The van der Waals surface area contributed by atoms with E-state index in [2.05, 4.69) is 0 Å². The van der Waals surface area contributed by atoms with Crippen LogP contribution < -0.4 is 0 Å². The molecule has 0 radical (unpaired) electrons. The van der Waals surface area contributed by atoms with Crippen molar-refractivity contribution >= 4 is 12.2 Å². The summed E-state index contributed by atoms with van der Waals surface area (Å²) in [5.74, 6) is -0.432. The van der Waals surface area contributed by atoms with Gasteiger partial charge in [-0.1, -0.05) is 17.7 Å². The Balaban J connectivity index is 2.39. The summed E-state index contributed by atoms with van der Waals surface area (Å²) in [6, 6.07) is 7.06. The van der Waals surface area contributed by atoms with Gasteiger partial charge < -0.3 is 15.3 Å². The Kier molecular flexibility index (Phi) is 5.36. The van der Waals surface area contributed by atoms with E-state index in [0.717, 1.165) is 5.56 Å². The molecule has 0 aliphatic rings. The molecule has 4 heteroatoms. The van der Waals surface area contributed by atoms with Gasteiger partial charge in [-0.25, -0.2) is 4.79 Å². The summed E-state index contributed by atoms with van der Waals surface area (Å²) in [4.78, 5) is 11.6. The van der Waals surface area contributed by atoms with Crippen LogP contribution in [0.15, 0.2) is 24.3 Å². The van der Waals surface area contributed by atoms with E-state index < -0.39 is 12.1 Å². The number of rotatable bonds is 6. The number of aliphatic hydroxyl groups is 1. The lowest BCUT2D eigenvalue weighted by Crippen LogP contribution is -2.18. The minimum absolute atomic E-state index is 0.0272. The molecule has 0 aromatic heterocycles. The second kappa shape index (κ2) is 6.81. The molecule has 0 aliphatic heterocycles. The van der Waals surface area contributed by atoms with Crippen LogP contribution in [0, 0.1) is 12.3 Å². The Morgan fingerprint density at radius 1 is 1.47 bits per heavy atom. The molecule has 0 spiro atoms. The molecule has 1 atom stereocenters. The first-order valence-electron chi connectivity index (χ1n) is 5.54. The van der Waals surface area contributed by atoms with E-state index in [1.165, 1.54) is 6.21 Å². The van der Waals surface area contributed by atoms with E-state index >= 15 is 0 Å². The first-order valence-corrected chi connectivity index (χ1v) is 5.54. The van der Waals surface area contributed by atoms with Gasteiger partial charge in [-0.3, -0.25) is 0 Å². The van der Waals surface area contributed by atoms with Gasteiger partial charge in [0.15, 0.2) is 0 Å². The van der Waals surface area contributed by atoms with Crippen molar-refractivity contribution < 1.29 is 14.6 Å². The molecule has 0 saturated carbocycles. The number of ether oxygens (including phenoxy) is 1. The van der Waals surface area contributed by atoms with E-state index in [-0.39, 0.29) is 6.61 Å². The van der Waals surface area contributed by atoms with Crippen LogP contribution in [0.1, 0.15) is 28.8 Å². The molecule has 2 N–H and O–H groups in total. The van der Waals surface area contributed by atoms with Crippen LogP contribution in [0.3, 0.4) is 0 Å². The highest BCUT2D eigenvalue weighted by molar-refractivity contribution is 5.89. The summed E-state index contributed by atoms with van der Waals surface area (Å²) in [5.41, 5.74) is 1.56. The summed E-state index contributed by atoms with van der Waals surface area (Å²) in [7, 11) is 0. The van der Waals surface area contributed by atoms with Gasteiger partial charge in [-0.15, -0.1) is 0 Å². The fraction of sp³-hybridized carbons (Fsp3) is 0.385. The minimum Gasteiger partial charge on any atom is -0.459 e. The van der Waals surface area contributed by atoms with Gasteiger partial charge in [0.1, 0.15) is 6.61 Å². The molecular formula is C13H17NO3. The SMILES string of the molecule is Cc1ccc(C(=O)OCC(O)CCC=N)cc1. The molecule has 4 nitrogen and oxygen atoms in total. The highest BCUT2D eigenvalue weighted by Crippen LogP contribution is 2.06. The van der Waals surface area contributed by atoms with Crippen LogP contribution in [0.4, 0.5) is 0 Å². The lowest BCUT2D eigenvalue weighted by molar-refractivity contribution is 0.0244. The van der Waals surface area contributed by atoms with Crippen molar-refractivity contribution in [2.24, 2.45) is 0 Å². The van der Waals surface area contributed by atoms with E-state index in [4.69, 9.17) is 10.1 Å². The summed E-state index contributed by atoms with van der Waals surface area (Å²) >= 11 is 0. The Morgan fingerprint density at radius 3 is 2.71 bits per heavy atom. The van der Waals surface area contributed by atoms with E-state index in [9.17, 15) is 9.90 Å². The molecule has 1 aromatic rings. The number of esters is 1. The molecule has 17 heavy (non-hydrogen) atoms. The normalized spacial score (nSPS) is 11.9. The maximum atomic E-state index is 11.6. The van der Waals surface area contributed by atoms with Crippen molar-refractivity contribution in [2.45, 2.75) is 25.9 Å². The highest BCUT2D eigenvalue weighted by atomic mass is 16.5. The quantitative estimate of drug-likeness (QED) is 0.584. The van der Waals surface area contributed by atoms with Gasteiger partial charge in [0.05, 0.1) is 11.7 Å². The Hall–Kier alpha value is -1.68. The second-order valence-electron chi connectivity index (χ2n) is 3.90. The van der Waals surface area contributed by atoms with Crippen LogP contribution >= 0.6 is 0 Å². The molecule has 0 aliphatic carbocycles. The first kappa shape index (κ1) is 13.4. The lowest BCUT2D eigenvalue weighted by Gasteiger charge is -2.10. The Morgan fingerprint density at radius 2 is 2.12 bits per heavy atom. The highest BCUT2D eigenvalue weighted by Gasteiger charge is 2.10. The van der Waals surface area contributed by atoms with Gasteiger partial charge in [-0.05, 0) is 38.1 Å². The number of hydrogen-bond acceptors (Lipinski definition) is 4. The molecule has 1 aromatic carbocycles. The zero-order valence-electron chi connectivity index (χ0n) is 9.85. The van der Waals surface area contributed by atoms with Crippen molar-refractivity contribution in [2.75, 3.05) is 6.61 Å². The topological polar surface area (TPSA) is 70.4 Å². The Labute approximate surface area is 101 Å². The maximum absolute atomic E-state index is 11.6. The molecule has 1 rings (SSSR count). The van der Waals surface area contributed by atoms with Gasteiger partial charge in [-0.2, -0.15) is 0 Å². The van der Waals surface area contributed by atoms with Crippen LogP contribution in [-0.2, 0) is 4.74 Å². The fourth-order valence-corrected chi connectivity index (χ4v) is 1.30. The summed E-state index contributed by atoms with van der Waals surface area (Å²) < 4.78 is 4.96. The number of carbonyl (C=O) groups is 1. The Bertz CT molecular complexity index is 373. The summed E-state index contributed by atoms with van der Waals surface area (Å²) in [5, 5.41) is 16.3. The number of aliphatic hydroxyl groups excluding tert-OH is 1. The van der Waals surface area contributed by atoms with Crippen LogP contribution in [0.5, 0.6) is 0 Å². The zero-order valence-corrected chi connectivity index (χ0v) is 9.85. The molecule has 0 heterocycles. The third-order valence-electron chi connectivity index (χ3n) is 2.34. The van der Waals surface area contributed by atoms with Crippen molar-refractivity contribution in [1.82, 2.24) is 0 Å². The van der Waals surface area contributed by atoms with E-state index in [0.29, 0.717) is 18.4 Å². The number of benzene rings is 1. The average Bonchev–Trinajstić information content (AvgIpc) is 2.34. The van der Waals surface area contributed by atoms with Crippen molar-refractivity contribution in [3.63, 3.8) is 0 Å². The summed E-state index contributed by atoms with van der Waals surface area (Å²) in [6.07, 6.45) is 1.45. The van der Waals surface area contributed by atoms with Crippen LogP contribution in [0.2, 0.25) is 0 Å². The van der Waals surface area contributed by atoms with Gasteiger partial charge in [0.2, 0.25) is 0 Å². The van der Waals surface area contributed by atoms with Crippen molar-refractivity contribution in [3.8, 4) is 0 Å². The predicted octanol–water partition coefficient (Wildman–Crippen LogP) is 1.94. The van der Waals surface area contributed by atoms with Crippen LogP contribution in [0.25, 0.3) is 0 Å². The molecule has 0 saturated heterocycles.